The number of carbonyl (C=O) groups is 1. The van der Waals surface area contributed by atoms with E-state index in [4.69, 9.17) is 5.84 Å². The van der Waals surface area contributed by atoms with Crippen LogP contribution in [0.25, 0.3) is 0 Å². The fourth-order valence-corrected chi connectivity index (χ4v) is 6.25. The summed E-state index contributed by atoms with van der Waals surface area (Å²) < 4.78 is 1.35. The monoisotopic (exact) mass is 335 g/mol. The van der Waals surface area contributed by atoms with Gasteiger partial charge in [0.05, 0.1) is 5.75 Å². The minimum atomic E-state index is 0.0706. The first kappa shape index (κ1) is 15.3. The lowest BCUT2D eigenvalue weighted by Gasteiger charge is -2.59. The van der Waals surface area contributed by atoms with Gasteiger partial charge in [-0.25, -0.2) is 4.68 Å². The molecule has 0 spiro atoms. The number of nitrogens with zero attached hydrogens (tertiary/aromatic N) is 3. The first-order chi connectivity index (χ1) is 11.0. The SMILES string of the molecule is C[C@@H](NC(=O)CSc1nncn1N)C12CC3CC(CC(C3)C1)C2. The summed E-state index contributed by atoms with van der Waals surface area (Å²) in [5.41, 5.74) is 0.350. The molecule has 4 fully saturated rings. The average molecular weight is 335 g/mol. The zero-order valence-electron chi connectivity index (χ0n) is 13.6. The van der Waals surface area contributed by atoms with Crippen molar-refractivity contribution in [1.29, 1.82) is 0 Å². The van der Waals surface area contributed by atoms with E-state index in [9.17, 15) is 4.79 Å². The van der Waals surface area contributed by atoms with Crippen LogP contribution in [0.5, 0.6) is 0 Å². The summed E-state index contributed by atoms with van der Waals surface area (Å²) >= 11 is 1.33. The van der Waals surface area contributed by atoms with Crippen molar-refractivity contribution in [1.82, 2.24) is 20.2 Å². The van der Waals surface area contributed by atoms with E-state index >= 15 is 0 Å². The normalized spacial score (nSPS) is 36.1. The molecule has 1 aromatic rings. The van der Waals surface area contributed by atoms with E-state index in [0.29, 0.717) is 16.3 Å². The van der Waals surface area contributed by atoms with E-state index in [1.807, 2.05) is 0 Å². The Morgan fingerprint density at radius 2 is 2.00 bits per heavy atom. The molecule has 1 aromatic heterocycles. The molecular weight excluding hydrogens is 310 g/mol. The molecule has 1 atom stereocenters. The molecule has 5 rings (SSSR count). The van der Waals surface area contributed by atoms with Crippen molar-refractivity contribution in [2.45, 2.75) is 56.6 Å². The number of hydrogen-bond acceptors (Lipinski definition) is 5. The highest BCUT2D eigenvalue weighted by atomic mass is 32.2. The molecule has 0 radical (unpaired) electrons. The Kier molecular flexibility index (Phi) is 3.78. The largest absolute Gasteiger partial charge is 0.352 e. The Morgan fingerprint density at radius 1 is 1.39 bits per heavy atom. The summed E-state index contributed by atoms with van der Waals surface area (Å²) in [6, 6.07) is 0.264. The van der Waals surface area contributed by atoms with Crippen molar-refractivity contribution in [2.24, 2.45) is 23.2 Å². The number of aromatic nitrogens is 3. The number of hydrogen-bond donors (Lipinski definition) is 2. The molecule has 3 N–H and O–H groups in total. The first-order valence-corrected chi connectivity index (χ1v) is 9.60. The molecule has 4 saturated carbocycles. The van der Waals surface area contributed by atoms with Crippen molar-refractivity contribution in [3.05, 3.63) is 6.33 Å². The maximum absolute atomic E-state index is 12.3. The average Bonchev–Trinajstić information content (AvgIpc) is 2.89. The van der Waals surface area contributed by atoms with Gasteiger partial charge in [-0.05, 0) is 68.6 Å². The molecule has 4 bridgehead atoms. The number of nitrogens with one attached hydrogen (secondary N) is 1. The van der Waals surface area contributed by atoms with Crippen molar-refractivity contribution in [2.75, 3.05) is 11.6 Å². The van der Waals surface area contributed by atoms with Crippen LogP contribution in [0, 0.1) is 23.2 Å². The highest BCUT2D eigenvalue weighted by Gasteiger charge is 2.53. The van der Waals surface area contributed by atoms with Gasteiger partial charge in [-0.2, -0.15) is 0 Å². The van der Waals surface area contributed by atoms with Gasteiger partial charge in [-0.1, -0.05) is 11.8 Å². The molecule has 23 heavy (non-hydrogen) atoms. The van der Waals surface area contributed by atoms with E-state index < -0.39 is 0 Å². The summed E-state index contributed by atoms with van der Waals surface area (Å²) in [5.74, 6) is 8.80. The Hall–Kier alpha value is -1.24. The minimum absolute atomic E-state index is 0.0706. The summed E-state index contributed by atoms with van der Waals surface area (Å²) in [5, 5.41) is 11.4. The molecule has 4 aliphatic rings. The smallest absolute Gasteiger partial charge is 0.230 e. The third-order valence-electron chi connectivity index (χ3n) is 6.25. The maximum Gasteiger partial charge on any atom is 0.230 e. The lowest BCUT2D eigenvalue weighted by molar-refractivity contribution is -0.123. The molecule has 126 valence electrons. The van der Waals surface area contributed by atoms with Crippen LogP contribution < -0.4 is 11.2 Å². The molecule has 0 aromatic carbocycles. The highest BCUT2D eigenvalue weighted by Crippen LogP contribution is 2.61. The molecule has 4 aliphatic carbocycles. The third-order valence-corrected chi connectivity index (χ3v) is 7.21. The number of carbonyl (C=O) groups excluding carboxylic acids is 1. The number of rotatable bonds is 5. The molecule has 0 aliphatic heterocycles. The first-order valence-electron chi connectivity index (χ1n) is 8.61. The van der Waals surface area contributed by atoms with E-state index in [0.717, 1.165) is 17.8 Å². The van der Waals surface area contributed by atoms with E-state index in [1.54, 1.807) is 0 Å². The van der Waals surface area contributed by atoms with Crippen molar-refractivity contribution in [3.63, 3.8) is 0 Å². The zero-order chi connectivity index (χ0) is 16.0. The van der Waals surface area contributed by atoms with Crippen LogP contribution in [0.4, 0.5) is 0 Å². The summed E-state index contributed by atoms with van der Waals surface area (Å²) in [6.07, 6.45) is 9.67. The lowest BCUT2D eigenvalue weighted by atomic mass is 9.48. The lowest BCUT2D eigenvalue weighted by Crippen LogP contribution is -2.56. The second-order valence-corrected chi connectivity index (χ2v) is 8.82. The Balaban J connectivity index is 1.35. The predicted octanol–water partition coefficient (Wildman–Crippen LogP) is 1.81. The Labute approximate surface area is 140 Å². The highest BCUT2D eigenvalue weighted by molar-refractivity contribution is 7.99. The van der Waals surface area contributed by atoms with Crippen LogP contribution in [-0.2, 0) is 4.79 Å². The predicted molar refractivity (Wildman–Crippen MR) is 89.1 cm³/mol. The number of amides is 1. The van der Waals surface area contributed by atoms with Crippen molar-refractivity contribution >= 4 is 17.7 Å². The van der Waals surface area contributed by atoms with Gasteiger partial charge in [-0.3, -0.25) is 4.79 Å². The molecule has 6 nitrogen and oxygen atoms in total. The van der Waals surface area contributed by atoms with Gasteiger partial charge in [0.1, 0.15) is 6.33 Å². The van der Waals surface area contributed by atoms with Gasteiger partial charge in [0.2, 0.25) is 11.1 Å². The topological polar surface area (TPSA) is 85.8 Å². The minimum Gasteiger partial charge on any atom is -0.352 e. The molecule has 1 amide bonds. The summed E-state index contributed by atoms with van der Waals surface area (Å²) in [4.78, 5) is 12.3. The number of nitrogen functional groups attached to an aromatic ring is 1. The Morgan fingerprint density at radius 3 is 2.52 bits per heavy atom. The molecular formula is C16H25N5OS. The van der Waals surface area contributed by atoms with Crippen LogP contribution in [0.1, 0.15) is 45.4 Å². The second kappa shape index (κ2) is 5.69. The van der Waals surface area contributed by atoms with Crippen LogP contribution in [0.2, 0.25) is 0 Å². The van der Waals surface area contributed by atoms with Gasteiger partial charge in [0.25, 0.3) is 0 Å². The molecule has 0 saturated heterocycles. The van der Waals surface area contributed by atoms with Crippen LogP contribution in [-0.4, -0.2) is 32.6 Å². The Bertz CT molecular complexity index is 566. The standard InChI is InChI=1S/C16H25N5OS/c1-10(19-14(22)8-23-15-20-18-9-21(15)17)16-5-11-2-12(6-16)4-13(3-11)7-16/h9-13H,2-8,17H2,1H3,(H,19,22)/t10-,11?,12?,13?,16?/m1/s1. The third kappa shape index (κ3) is 2.84. The van der Waals surface area contributed by atoms with E-state index in [2.05, 4.69) is 22.4 Å². The van der Waals surface area contributed by atoms with E-state index in [-0.39, 0.29) is 11.9 Å². The summed E-state index contributed by atoms with van der Waals surface area (Å²) in [7, 11) is 0. The van der Waals surface area contributed by atoms with Gasteiger partial charge in [0, 0.05) is 6.04 Å². The fraction of sp³-hybridized carbons (Fsp3) is 0.812. The van der Waals surface area contributed by atoms with Crippen LogP contribution in [0.15, 0.2) is 11.5 Å². The van der Waals surface area contributed by atoms with Crippen molar-refractivity contribution in [3.8, 4) is 0 Å². The van der Waals surface area contributed by atoms with Gasteiger partial charge in [-0.15, -0.1) is 10.2 Å². The molecule has 7 heteroatoms. The summed E-state index contributed by atoms with van der Waals surface area (Å²) in [6.45, 7) is 2.21. The molecule has 1 heterocycles. The number of nitrogens with two attached hydrogens (primary N) is 1. The van der Waals surface area contributed by atoms with Gasteiger partial charge in [0.15, 0.2) is 0 Å². The van der Waals surface area contributed by atoms with Gasteiger partial charge >= 0.3 is 0 Å². The second-order valence-electron chi connectivity index (χ2n) is 7.88. The van der Waals surface area contributed by atoms with Crippen LogP contribution in [0.3, 0.4) is 0 Å². The van der Waals surface area contributed by atoms with E-state index in [1.165, 1.54) is 61.3 Å². The van der Waals surface area contributed by atoms with Crippen LogP contribution >= 0.6 is 11.8 Å². The fourth-order valence-electron chi connectivity index (χ4n) is 5.61. The zero-order valence-corrected chi connectivity index (χ0v) is 14.4. The molecule has 0 unspecified atom stereocenters. The van der Waals surface area contributed by atoms with Gasteiger partial charge < -0.3 is 11.2 Å². The number of thioether (sulfide) groups is 1. The quantitative estimate of drug-likeness (QED) is 0.633. The van der Waals surface area contributed by atoms with Crippen molar-refractivity contribution < 1.29 is 4.79 Å². The maximum atomic E-state index is 12.3.